The lowest BCUT2D eigenvalue weighted by Gasteiger charge is -2.37. The van der Waals surface area contributed by atoms with Crippen molar-refractivity contribution in [3.05, 3.63) is 47.2 Å². The smallest absolute Gasteiger partial charge is 0.224 e. The van der Waals surface area contributed by atoms with Crippen LogP contribution in [0.25, 0.3) is 0 Å². The van der Waals surface area contributed by atoms with Crippen molar-refractivity contribution in [3.63, 3.8) is 0 Å². The Morgan fingerprint density at radius 2 is 1.90 bits per heavy atom. The SMILES string of the molecule is N#Cc1cnc(NCc2ccccc2CO)nc1NCC12C[C@H]3CC1C[C@@H](C2)C3N. The van der Waals surface area contributed by atoms with E-state index in [0.29, 0.717) is 47.2 Å². The maximum absolute atomic E-state index is 9.51. The molecule has 156 valence electrons. The molecule has 3 unspecified atom stereocenters. The molecule has 4 aliphatic rings. The molecule has 7 nitrogen and oxygen atoms in total. The van der Waals surface area contributed by atoms with Gasteiger partial charge in [-0.25, -0.2) is 4.98 Å². The normalized spacial score (nSPS) is 31.0. The van der Waals surface area contributed by atoms with Crippen LogP contribution in [-0.2, 0) is 13.2 Å². The highest BCUT2D eigenvalue weighted by atomic mass is 16.3. The van der Waals surface area contributed by atoms with E-state index in [1.54, 1.807) is 6.20 Å². The number of nitrogens with one attached hydrogen (secondary N) is 2. The lowest BCUT2D eigenvalue weighted by atomic mass is 9.73. The van der Waals surface area contributed by atoms with E-state index in [4.69, 9.17) is 5.73 Å². The maximum Gasteiger partial charge on any atom is 0.224 e. The van der Waals surface area contributed by atoms with Gasteiger partial charge < -0.3 is 21.5 Å². The maximum atomic E-state index is 9.51. The number of rotatable bonds is 7. The summed E-state index contributed by atoms with van der Waals surface area (Å²) in [5, 5.41) is 25.7. The molecule has 6 rings (SSSR count). The fraction of sp³-hybridized carbons (Fsp3) is 0.522. The molecule has 1 heterocycles. The fourth-order valence-electron chi connectivity index (χ4n) is 6.22. The van der Waals surface area contributed by atoms with E-state index in [0.717, 1.165) is 23.6 Å². The first-order valence-electron chi connectivity index (χ1n) is 10.8. The molecular formula is C23H28N6O. The quantitative estimate of drug-likeness (QED) is 0.560. The summed E-state index contributed by atoms with van der Waals surface area (Å²) >= 11 is 0. The van der Waals surface area contributed by atoms with Gasteiger partial charge >= 0.3 is 0 Å². The molecular weight excluding hydrogens is 376 g/mol. The van der Waals surface area contributed by atoms with Crippen LogP contribution in [0.3, 0.4) is 0 Å². The van der Waals surface area contributed by atoms with Crippen molar-refractivity contribution < 1.29 is 5.11 Å². The average Bonchev–Trinajstić information content (AvgIpc) is 3.24. The van der Waals surface area contributed by atoms with Gasteiger partial charge in [-0.15, -0.1) is 0 Å². The van der Waals surface area contributed by atoms with Gasteiger partial charge in [-0.2, -0.15) is 10.2 Å². The van der Waals surface area contributed by atoms with E-state index >= 15 is 0 Å². The number of benzene rings is 1. The number of anilines is 2. The Labute approximate surface area is 176 Å². The average molecular weight is 405 g/mol. The van der Waals surface area contributed by atoms with Crippen LogP contribution in [0.15, 0.2) is 30.5 Å². The molecule has 2 aromatic rings. The number of hydrogen-bond donors (Lipinski definition) is 4. The van der Waals surface area contributed by atoms with Gasteiger partial charge in [0.15, 0.2) is 0 Å². The zero-order valence-electron chi connectivity index (χ0n) is 17.0. The van der Waals surface area contributed by atoms with Crippen LogP contribution in [0.2, 0.25) is 0 Å². The third-order valence-corrected chi connectivity index (χ3v) is 7.71. The number of aliphatic hydroxyl groups is 1. The van der Waals surface area contributed by atoms with Crippen LogP contribution < -0.4 is 16.4 Å². The summed E-state index contributed by atoms with van der Waals surface area (Å²) in [5.41, 5.74) is 9.06. The Morgan fingerprint density at radius 1 is 1.17 bits per heavy atom. The van der Waals surface area contributed by atoms with Crippen molar-refractivity contribution in [1.29, 1.82) is 5.26 Å². The van der Waals surface area contributed by atoms with E-state index in [2.05, 4.69) is 26.7 Å². The number of nitrogens with two attached hydrogens (primary N) is 1. The molecule has 0 aliphatic heterocycles. The summed E-state index contributed by atoms with van der Waals surface area (Å²) in [6, 6.07) is 10.3. The van der Waals surface area contributed by atoms with Crippen molar-refractivity contribution in [2.45, 2.75) is 44.9 Å². The highest BCUT2D eigenvalue weighted by Gasteiger charge is 2.60. The molecule has 1 aromatic carbocycles. The zero-order valence-corrected chi connectivity index (χ0v) is 17.0. The largest absolute Gasteiger partial charge is 0.392 e. The second kappa shape index (κ2) is 7.53. The summed E-state index contributed by atoms with van der Waals surface area (Å²) < 4.78 is 0. The summed E-state index contributed by atoms with van der Waals surface area (Å²) in [5.74, 6) is 3.14. The van der Waals surface area contributed by atoms with Gasteiger partial charge in [0, 0.05) is 19.1 Å². The Balaban J connectivity index is 1.29. The first-order chi connectivity index (χ1) is 14.6. The molecule has 5 N–H and O–H groups in total. The number of nitriles is 1. The Kier molecular flexibility index (Phi) is 4.84. The second-order valence-electron chi connectivity index (χ2n) is 9.24. The molecule has 4 bridgehead atoms. The number of aromatic nitrogens is 2. The molecule has 4 fully saturated rings. The monoisotopic (exact) mass is 404 g/mol. The van der Waals surface area contributed by atoms with E-state index in [-0.39, 0.29) is 6.61 Å². The predicted octanol–water partition coefficient (Wildman–Crippen LogP) is 2.63. The molecule has 7 heteroatoms. The third-order valence-electron chi connectivity index (χ3n) is 7.71. The summed E-state index contributed by atoms with van der Waals surface area (Å²) in [6.45, 7) is 1.35. The minimum atomic E-state index is -0.00617. The van der Waals surface area contributed by atoms with Crippen LogP contribution in [0.4, 0.5) is 11.8 Å². The van der Waals surface area contributed by atoms with Crippen LogP contribution in [0.1, 0.15) is 42.4 Å². The van der Waals surface area contributed by atoms with Crippen LogP contribution in [0, 0.1) is 34.5 Å². The first kappa shape index (κ1) is 19.3. The lowest BCUT2D eigenvalue weighted by Crippen LogP contribution is -2.42. The van der Waals surface area contributed by atoms with Crippen molar-refractivity contribution in [3.8, 4) is 6.07 Å². The predicted molar refractivity (Wildman–Crippen MR) is 114 cm³/mol. The molecule has 0 amide bonds. The van der Waals surface area contributed by atoms with Gasteiger partial charge in [0.05, 0.1) is 12.8 Å². The van der Waals surface area contributed by atoms with E-state index < -0.39 is 0 Å². The van der Waals surface area contributed by atoms with Gasteiger partial charge in [0.1, 0.15) is 17.5 Å². The molecule has 4 saturated carbocycles. The topological polar surface area (TPSA) is 120 Å². The van der Waals surface area contributed by atoms with E-state index in [1.165, 1.54) is 25.7 Å². The van der Waals surface area contributed by atoms with Crippen LogP contribution in [-0.4, -0.2) is 27.7 Å². The van der Waals surface area contributed by atoms with Crippen molar-refractivity contribution >= 4 is 11.8 Å². The summed E-state index contributed by atoms with van der Waals surface area (Å²) in [6.07, 6.45) is 6.47. The van der Waals surface area contributed by atoms with Crippen molar-refractivity contribution in [2.75, 3.05) is 17.2 Å². The molecule has 0 spiro atoms. The number of hydrogen-bond acceptors (Lipinski definition) is 7. The molecule has 30 heavy (non-hydrogen) atoms. The fourth-order valence-corrected chi connectivity index (χ4v) is 6.22. The van der Waals surface area contributed by atoms with Gasteiger partial charge in [-0.05, 0) is 60.0 Å². The standard InChI is InChI=1S/C23H28N6O/c24-9-18-11-27-22(26-10-14-3-1-2-4-15(14)12-30)29-21(18)28-13-23-7-16-5-19(23)6-17(8-23)20(16)25/h1-4,11,16-17,19-20,30H,5-8,10,12-13,25H2,(H2,26,27,28,29)/t16-,17+,19?,20?,23?. The summed E-state index contributed by atoms with van der Waals surface area (Å²) in [7, 11) is 0. The van der Waals surface area contributed by atoms with Crippen LogP contribution >= 0.6 is 0 Å². The first-order valence-corrected chi connectivity index (χ1v) is 10.8. The number of nitrogens with zero attached hydrogens (tertiary/aromatic N) is 3. The molecule has 4 aliphatic carbocycles. The molecule has 0 radical (unpaired) electrons. The van der Waals surface area contributed by atoms with E-state index in [1.807, 2.05) is 24.3 Å². The van der Waals surface area contributed by atoms with Gasteiger partial charge in [-0.3, -0.25) is 0 Å². The molecule has 1 aromatic heterocycles. The lowest BCUT2D eigenvalue weighted by molar-refractivity contribution is 0.188. The third kappa shape index (κ3) is 3.21. The van der Waals surface area contributed by atoms with E-state index in [9.17, 15) is 10.4 Å². The highest BCUT2D eigenvalue weighted by Crippen LogP contribution is 2.64. The Bertz CT molecular complexity index is 970. The second-order valence-corrected chi connectivity index (χ2v) is 9.24. The zero-order chi connectivity index (χ0) is 20.7. The minimum Gasteiger partial charge on any atom is -0.392 e. The molecule has 0 saturated heterocycles. The van der Waals surface area contributed by atoms with Crippen molar-refractivity contribution in [1.82, 2.24) is 9.97 Å². The van der Waals surface area contributed by atoms with Gasteiger partial charge in [-0.1, -0.05) is 24.3 Å². The van der Waals surface area contributed by atoms with Gasteiger partial charge in [0.2, 0.25) is 5.95 Å². The Morgan fingerprint density at radius 3 is 2.60 bits per heavy atom. The van der Waals surface area contributed by atoms with Crippen LogP contribution in [0.5, 0.6) is 0 Å². The number of aliphatic hydroxyl groups excluding tert-OH is 1. The minimum absolute atomic E-state index is 0.00617. The molecule has 5 atom stereocenters. The van der Waals surface area contributed by atoms with Gasteiger partial charge in [0.25, 0.3) is 0 Å². The van der Waals surface area contributed by atoms with Crippen molar-refractivity contribution in [2.24, 2.45) is 28.9 Å². The Hall–Kier alpha value is -2.69. The highest BCUT2D eigenvalue weighted by molar-refractivity contribution is 5.53. The summed E-state index contributed by atoms with van der Waals surface area (Å²) in [4.78, 5) is 8.88.